The van der Waals surface area contributed by atoms with Crippen LogP contribution >= 0.6 is 0 Å². The van der Waals surface area contributed by atoms with Crippen molar-refractivity contribution in [3.63, 3.8) is 0 Å². The van der Waals surface area contributed by atoms with E-state index in [4.69, 9.17) is 10.5 Å². The Balaban J connectivity index is 2.87. The van der Waals surface area contributed by atoms with E-state index in [2.05, 4.69) is 13.8 Å². The molecule has 0 atom stereocenters. The van der Waals surface area contributed by atoms with E-state index >= 15 is 0 Å². The number of hydrogen-bond acceptors (Lipinski definition) is 1. The summed E-state index contributed by atoms with van der Waals surface area (Å²) in [5, 5.41) is 0. The van der Waals surface area contributed by atoms with Crippen LogP contribution in [0.3, 0.4) is 0 Å². The molecule has 0 saturated carbocycles. The highest BCUT2D eigenvalue weighted by Gasteiger charge is 1.94. The molecule has 2 radical (unpaired) electrons. The molecule has 90 valence electrons. The first-order valence-electron chi connectivity index (χ1n) is 6.46. The SMILES string of the molecule is CC(C)CCCCCCCOCCC[N]. The maximum absolute atomic E-state index is 8.53. The molecule has 0 unspecified atom stereocenters. The number of nitrogens with zero attached hydrogens (tertiary/aromatic N) is 1. The Morgan fingerprint density at radius 3 is 2.13 bits per heavy atom. The third-order valence-electron chi connectivity index (χ3n) is 2.52. The van der Waals surface area contributed by atoms with Gasteiger partial charge in [-0.2, -0.15) is 0 Å². The summed E-state index contributed by atoms with van der Waals surface area (Å²) >= 11 is 0. The Kier molecular flexibility index (Phi) is 11.9. The zero-order chi connectivity index (χ0) is 11.4. The van der Waals surface area contributed by atoms with E-state index < -0.39 is 0 Å². The summed E-state index contributed by atoms with van der Waals surface area (Å²) in [6.07, 6.45) is 8.69. The number of ether oxygens (including phenoxy) is 1. The highest BCUT2D eigenvalue weighted by atomic mass is 16.5. The molecule has 0 aliphatic heterocycles. The molecule has 0 aliphatic carbocycles. The second-order valence-electron chi connectivity index (χ2n) is 4.64. The minimum atomic E-state index is 0.245. The number of unbranched alkanes of at least 4 members (excludes halogenated alkanes) is 4. The van der Waals surface area contributed by atoms with Crippen molar-refractivity contribution < 1.29 is 4.74 Å². The van der Waals surface area contributed by atoms with Crippen molar-refractivity contribution in [1.29, 1.82) is 0 Å². The minimum Gasteiger partial charge on any atom is -0.381 e. The van der Waals surface area contributed by atoms with Gasteiger partial charge in [0, 0.05) is 19.8 Å². The Morgan fingerprint density at radius 1 is 0.867 bits per heavy atom. The van der Waals surface area contributed by atoms with Crippen molar-refractivity contribution in [3.8, 4) is 0 Å². The summed E-state index contributed by atoms with van der Waals surface area (Å²) < 4.78 is 5.36. The predicted molar refractivity (Wildman–Crippen MR) is 65.0 cm³/mol. The molecular formula is C13H27NO. The first-order chi connectivity index (χ1) is 7.27. The van der Waals surface area contributed by atoms with Crippen LogP contribution in [0.1, 0.15) is 58.8 Å². The molecule has 0 aromatic carbocycles. The summed E-state index contributed by atoms with van der Waals surface area (Å²) in [4.78, 5) is 0. The first kappa shape index (κ1) is 14.9. The fraction of sp³-hybridized carbons (Fsp3) is 1.00. The fourth-order valence-electron chi connectivity index (χ4n) is 1.56. The topological polar surface area (TPSA) is 31.5 Å². The van der Waals surface area contributed by atoms with Crippen molar-refractivity contribution in [1.82, 2.24) is 5.73 Å². The van der Waals surface area contributed by atoms with E-state index in [1.807, 2.05) is 0 Å². The molecule has 0 amide bonds. The number of rotatable bonds is 11. The predicted octanol–water partition coefficient (Wildman–Crippen LogP) is 3.46. The van der Waals surface area contributed by atoms with Crippen LogP contribution in [-0.2, 0) is 4.74 Å². The third-order valence-corrected chi connectivity index (χ3v) is 2.52. The molecule has 0 spiro atoms. The molecule has 0 fully saturated rings. The van der Waals surface area contributed by atoms with Gasteiger partial charge in [-0.1, -0.05) is 46.0 Å². The van der Waals surface area contributed by atoms with Crippen LogP contribution in [0.2, 0.25) is 0 Å². The van der Waals surface area contributed by atoms with Gasteiger partial charge in [0.2, 0.25) is 0 Å². The summed E-state index contributed by atoms with van der Waals surface area (Å²) in [7, 11) is 0. The Morgan fingerprint density at radius 2 is 1.47 bits per heavy atom. The zero-order valence-corrected chi connectivity index (χ0v) is 10.5. The fourth-order valence-corrected chi connectivity index (χ4v) is 1.56. The van der Waals surface area contributed by atoms with Gasteiger partial charge >= 0.3 is 0 Å². The molecule has 15 heavy (non-hydrogen) atoms. The van der Waals surface area contributed by atoms with E-state index in [-0.39, 0.29) is 6.54 Å². The quantitative estimate of drug-likeness (QED) is 0.484. The molecule has 0 aromatic rings. The molecule has 0 heterocycles. The molecule has 2 heteroatoms. The van der Waals surface area contributed by atoms with Crippen LogP contribution in [0, 0.1) is 5.92 Å². The van der Waals surface area contributed by atoms with Crippen molar-refractivity contribution in [2.75, 3.05) is 19.8 Å². The second-order valence-corrected chi connectivity index (χ2v) is 4.64. The van der Waals surface area contributed by atoms with E-state index in [1.165, 1.54) is 38.5 Å². The van der Waals surface area contributed by atoms with Gasteiger partial charge in [-0.25, -0.2) is 0 Å². The van der Waals surface area contributed by atoms with E-state index in [1.54, 1.807) is 0 Å². The first-order valence-corrected chi connectivity index (χ1v) is 6.46. The zero-order valence-electron chi connectivity index (χ0n) is 10.5. The third kappa shape index (κ3) is 13.9. The van der Waals surface area contributed by atoms with Crippen LogP contribution in [0.5, 0.6) is 0 Å². The Labute approximate surface area is 95.6 Å². The van der Waals surface area contributed by atoms with Crippen LogP contribution < -0.4 is 5.73 Å². The maximum Gasteiger partial charge on any atom is 0.0479 e. The normalized spacial score (nSPS) is 11.2. The van der Waals surface area contributed by atoms with Crippen molar-refractivity contribution in [2.45, 2.75) is 58.8 Å². The standard InChI is InChI=1S/C13H27NO/c1-13(2)9-6-4-3-5-7-11-15-12-8-10-14/h13H,3-12H2,1-2H3. The van der Waals surface area contributed by atoms with Crippen molar-refractivity contribution in [2.24, 2.45) is 5.92 Å². The van der Waals surface area contributed by atoms with Crippen LogP contribution in [0.25, 0.3) is 0 Å². The smallest absolute Gasteiger partial charge is 0.0479 e. The van der Waals surface area contributed by atoms with Crippen molar-refractivity contribution in [3.05, 3.63) is 0 Å². The summed E-state index contributed by atoms with van der Waals surface area (Å²) in [6.45, 7) is 6.40. The molecule has 0 aromatic heterocycles. The monoisotopic (exact) mass is 213 g/mol. The van der Waals surface area contributed by atoms with Gasteiger partial charge < -0.3 is 4.74 Å². The second kappa shape index (κ2) is 12.0. The van der Waals surface area contributed by atoms with E-state index in [0.717, 1.165) is 18.9 Å². The van der Waals surface area contributed by atoms with Crippen LogP contribution in [-0.4, -0.2) is 19.8 Å². The molecule has 0 aliphatic rings. The van der Waals surface area contributed by atoms with Crippen LogP contribution in [0.15, 0.2) is 0 Å². The van der Waals surface area contributed by atoms with Crippen molar-refractivity contribution >= 4 is 0 Å². The Bertz CT molecular complexity index is 115. The lowest BCUT2D eigenvalue weighted by Gasteiger charge is -2.05. The maximum atomic E-state index is 8.53. The lowest BCUT2D eigenvalue weighted by molar-refractivity contribution is 0.128. The lowest BCUT2D eigenvalue weighted by Crippen LogP contribution is -1.99. The van der Waals surface area contributed by atoms with Gasteiger partial charge in [-0.3, -0.25) is 0 Å². The summed E-state index contributed by atoms with van der Waals surface area (Å²) in [6, 6.07) is 0. The highest BCUT2D eigenvalue weighted by Crippen LogP contribution is 2.10. The molecule has 2 nitrogen and oxygen atoms in total. The van der Waals surface area contributed by atoms with Gasteiger partial charge in [0.05, 0.1) is 0 Å². The molecule has 0 rings (SSSR count). The minimum absolute atomic E-state index is 0.245. The van der Waals surface area contributed by atoms with E-state index in [0.29, 0.717) is 6.61 Å². The number of hydrogen-bond donors (Lipinski definition) is 0. The molecule has 0 bridgehead atoms. The average Bonchev–Trinajstić information content (AvgIpc) is 2.20. The molecular weight excluding hydrogens is 186 g/mol. The van der Waals surface area contributed by atoms with Gasteiger partial charge in [0.15, 0.2) is 0 Å². The average molecular weight is 213 g/mol. The highest BCUT2D eigenvalue weighted by molar-refractivity contribution is 4.48. The van der Waals surface area contributed by atoms with E-state index in [9.17, 15) is 0 Å². The Hall–Kier alpha value is -0.0800. The van der Waals surface area contributed by atoms with Gasteiger partial charge in [0.25, 0.3) is 0 Å². The lowest BCUT2D eigenvalue weighted by atomic mass is 10.0. The molecule has 0 N–H and O–H groups in total. The molecule has 0 saturated heterocycles. The summed E-state index contributed by atoms with van der Waals surface area (Å²) in [5.74, 6) is 0.854. The van der Waals surface area contributed by atoms with Gasteiger partial charge in [0.1, 0.15) is 0 Å². The summed E-state index contributed by atoms with van der Waals surface area (Å²) in [5.41, 5.74) is 8.53. The van der Waals surface area contributed by atoms with Gasteiger partial charge in [-0.05, 0) is 18.8 Å². The largest absolute Gasteiger partial charge is 0.381 e. The van der Waals surface area contributed by atoms with Crippen LogP contribution in [0.4, 0.5) is 0 Å². The van der Waals surface area contributed by atoms with Gasteiger partial charge in [-0.15, -0.1) is 5.73 Å².